The number of hydrogen-bond donors (Lipinski definition) is 1. The molecule has 1 aliphatic heterocycles. The summed E-state index contributed by atoms with van der Waals surface area (Å²) in [7, 11) is 0. The second-order valence-electron chi connectivity index (χ2n) is 7.09. The summed E-state index contributed by atoms with van der Waals surface area (Å²) in [5, 5.41) is 7.06. The number of rotatable bonds is 5. The van der Waals surface area contributed by atoms with Crippen LogP contribution in [0.4, 0.5) is 13.2 Å². The molecule has 4 rings (SSSR count). The smallest absolute Gasteiger partial charge is 0.381 e. The van der Waals surface area contributed by atoms with E-state index in [1.165, 1.54) is 0 Å². The van der Waals surface area contributed by atoms with E-state index in [4.69, 9.17) is 9.26 Å². The van der Waals surface area contributed by atoms with Crippen molar-refractivity contribution in [1.29, 1.82) is 0 Å². The molecule has 3 aromatic rings. The summed E-state index contributed by atoms with van der Waals surface area (Å²) >= 11 is 3.35. The van der Waals surface area contributed by atoms with Crippen molar-refractivity contribution in [3.8, 4) is 11.5 Å². The number of aromatic nitrogens is 3. The van der Waals surface area contributed by atoms with Crippen molar-refractivity contribution in [3.63, 3.8) is 0 Å². The SMILES string of the molecule is O=C(NCC1CCOCC1)c1nc(-c2cc3c(Br)cccc3n2CC(F)(F)F)no1. The highest BCUT2D eigenvalue weighted by Crippen LogP contribution is 2.33. The lowest BCUT2D eigenvalue weighted by Gasteiger charge is -2.21. The Bertz CT molecular complexity index is 1060. The lowest BCUT2D eigenvalue weighted by Crippen LogP contribution is -2.32. The van der Waals surface area contributed by atoms with Crippen molar-refractivity contribution in [3.05, 3.63) is 34.6 Å². The van der Waals surface area contributed by atoms with Crippen LogP contribution in [-0.4, -0.2) is 46.5 Å². The molecule has 1 saturated heterocycles. The van der Waals surface area contributed by atoms with Crippen LogP contribution in [0.5, 0.6) is 0 Å². The van der Waals surface area contributed by atoms with Gasteiger partial charge < -0.3 is 19.1 Å². The number of carbonyl (C=O) groups excluding carboxylic acids is 1. The minimum atomic E-state index is -4.45. The van der Waals surface area contributed by atoms with E-state index in [0.29, 0.717) is 41.1 Å². The van der Waals surface area contributed by atoms with Crippen molar-refractivity contribution >= 4 is 32.7 Å². The fourth-order valence-corrected chi connectivity index (χ4v) is 3.94. The average molecular weight is 487 g/mol. The Morgan fingerprint density at radius 3 is 2.80 bits per heavy atom. The predicted octanol–water partition coefficient (Wildman–Crippen LogP) is 4.17. The first kappa shape index (κ1) is 20.9. The highest BCUT2D eigenvalue weighted by Gasteiger charge is 2.31. The molecule has 1 aliphatic rings. The van der Waals surface area contributed by atoms with Crippen LogP contribution in [0.1, 0.15) is 23.5 Å². The van der Waals surface area contributed by atoms with E-state index in [1.54, 1.807) is 24.3 Å². The molecule has 0 saturated carbocycles. The zero-order chi connectivity index (χ0) is 21.3. The van der Waals surface area contributed by atoms with E-state index < -0.39 is 18.6 Å². The van der Waals surface area contributed by atoms with Gasteiger partial charge in [-0.15, -0.1) is 0 Å². The lowest BCUT2D eigenvalue weighted by molar-refractivity contribution is -0.139. The minimum Gasteiger partial charge on any atom is -0.381 e. The van der Waals surface area contributed by atoms with Crippen LogP contribution in [0, 0.1) is 5.92 Å². The molecule has 30 heavy (non-hydrogen) atoms. The molecule has 0 bridgehead atoms. The molecule has 0 atom stereocenters. The van der Waals surface area contributed by atoms with E-state index in [1.807, 2.05) is 0 Å². The van der Waals surface area contributed by atoms with Gasteiger partial charge in [-0.25, -0.2) is 0 Å². The maximum absolute atomic E-state index is 13.2. The number of fused-ring (bicyclic) bond motifs is 1. The fraction of sp³-hybridized carbons (Fsp3) is 0.421. The van der Waals surface area contributed by atoms with Gasteiger partial charge in [0, 0.05) is 29.6 Å². The van der Waals surface area contributed by atoms with Crippen molar-refractivity contribution < 1.29 is 27.2 Å². The van der Waals surface area contributed by atoms with Crippen molar-refractivity contribution in [1.82, 2.24) is 20.0 Å². The Hall–Kier alpha value is -2.40. The van der Waals surface area contributed by atoms with E-state index in [9.17, 15) is 18.0 Å². The maximum atomic E-state index is 13.2. The molecule has 1 N–H and O–H groups in total. The van der Waals surface area contributed by atoms with Crippen LogP contribution in [0.15, 0.2) is 33.3 Å². The molecule has 160 valence electrons. The van der Waals surface area contributed by atoms with Crippen LogP contribution in [0.2, 0.25) is 0 Å². The fourth-order valence-electron chi connectivity index (χ4n) is 3.47. The number of carbonyl (C=O) groups is 1. The molecule has 0 spiro atoms. The van der Waals surface area contributed by atoms with Gasteiger partial charge in [-0.1, -0.05) is 27.2 Å². The molecule has 3 heterocycles. The Labute approximate surface area is 177 Å². The third-order valence-corrected chi connectivity index (χ3v) is 5.66. The van der Waals surface area contributed by atoms with Gasteiger partial charge in [0.15, 0.2) is 0 Å². The molecule has 0 unspecified atom stereocenters. The molecule has 1 amide bonds. The van der Waals surface area contributed by atoms with Gasteiger partial charge in [-0.3, -0.25) is 4.79 Å². The summed E-state index contributed by atoms with van der Waals surface area (Å²) in [6, 6.07) is 6.50. The van der Waals surface area contributed by atoms with Gasteiger partial charge in [0.05, 0.1) is 11.2 Å². The van der Waals surface area contributed by atoms with Gasteiger partial charge in [-0.05, 0) is 37.0 Å². The molecule has 0 aliphatic carbocycles. The standard InChI is InChI=1S/C19H18BrF3N4O3/c20-13-2-1-3-14-12(13)8-15(27(14)10-19(21,22)23)16-25-18(30-26-16)17(28)24-9-11-4-6-29-7-5-11/h1-3,8,11H,4-7,9-10H2,(H,24,28). The maximum Gasteiger partial charge on any atom is 0.406 e. The summed E-state index contributed by atoms with van der Waals surface area (Å²) in [6.45, 7) is 0.540. The van der Waals surface area contributed by atoms with Crippen LogP contribution < -0.4 is 5.32 Å². The molecule has 2 aromatic heterocycles. The Morgan fingerprint density at radius 1 is 1.30 bits per heavy atom. The summed E-state index contributed by atoms with van der Waals surface area (Å²) < 4.78 is 51.6. The van der Waals surface area contributed by atoms with Crippen molar-refractivity contribution in [2.24, 2.45) is 5.92 Å². The number of benzene rings is 1. The first-order valence-corrected chi connectivity index (χ1v) is 10.2. The van der Waals surface area contributed by atoms with Crippen molar-refractivity contribution in [2.75, 3.05) is 19.8 Å². The molecular formula is C19H18BrF3N4O3. The van der Waals surface area contributed by atoms with Gasteiger partial charge in [0.1, 0.15) is 6.54 Å². The second kappa shape index (κ2) is 8.38. The van der Waals surface area contributed by atoms with E-state index in [2.05, 4.69) is 31.4 Å². The van der Waals surface area contributed by atoms with Crippen LogP contribution >= 0.6 is 15.9 Å². The number of alkyl halides is 3. The molecule has 7 nitrogen and oxygen atoms in total. The summed E-state index contributed by atoms with van der Waals surface area (Å²) in [6.07, 6.45) is -2.75. The average Bonchev–Trinajstić information content (AvgIpc) is 3.32. The van der Waals surface area contributed by atoms with Crippen LogP contribution in [0.3, 0.4) is 0 Å². The van der Waals surface area contributed by atoms with Gasteiger partial charge >= 0.3 is 18.0 Å². The van der Waals surface area contributed by atoms with Gasteiger partial charge in [-0.2, -0.15) is 18.2 Å². The van der Waals surface area contributed by atoms with Crippen LogP contribution in [0.25, 0.3) is 22.4 Å². The number of ether oxygens (including phenoxy) is 1. The number of nitrogens with one attached hydrogen (secondary N) is 1. The van der Waals surface area contributed by atoms with E-state index >= 15 is 0 Å². The van der Waals surface area contributed by atoms with Gasteiger partial charge in [0.25, 0.3) is 0 Å². The third kappa shape index (κ3) is 4.51. The Balaban J connectivity index is 1.60. The molecule has 0 radical (unpaired) electrons. The zero-order valence-electron chi connectivity index (χ0n) is 15.7. The Morgan fingerprint density at radius 2 is 2.07 bits per heavy atom. The zero-order valence-corrected chi connectivity index (χ0v) is 17.3. The first-order chi connectivity index (χ1) is 14.3. The highest BCUT2D eigenvalue weighted by molar-refractivity contribution is 9.10. The number of halogens is 4. The largest absolute Gasteiger partial charge is 0.406 e. The second-order valence-corrected chi connectivity index (χ2v) is 7.95. The normalized spacial score (nSPS) is 15.6. The Kier molecular flexibility index (Phi) is 5.83. The third-order valence-electron chi connectivity index (χ3n) is 4.97. The highest BCUT2D eigenvalue weighted by atomic mass is 79.9. The first-order valence-electron chi connectivity index (χ1n) is 9.36. The number of nitrogens with zero attached hydrogens (tertiary/aromatic N) is 3. The van der Waals surface area contributed by atoms with E-state index in [0.717, 1.165) is 17.4 Å². The lowest BCUT2D eigenvalue weighted by atomic mass is 10.0. The molecule has 1 aromatic carbocycles. The van der Waals surface area contributed by atoms with Gasteiger partial charge in [0.2, 0.25) is 5.82 Å². The topological polar surface area (TPSA) is 82.2 Å². The van der Waals surface area contributed by atoms with Crippen LogP contribution in [-0.2, 0) is 11.3 Å². The summed E-state index contributed by atoms with van der Waals surface area (Å²) in [5.74, 6) is -0.629. The monoisotopic (exact) mass is 486 g/mol. The predicted molar refractivity (Wildman–Crippen MR) is 105 cm³/mol. The number of amides is 1. The molecule has 11 heteroatoms. The van der Waals surface area contributed by atoms with E-state index in [-0.39, 0.29) is 17.4 Å². The summed E-state index contributed by atoms with van der Waals surface area (Å²) in [4.78, 5) is 16.4. The summed E-state index contributed by atoms with van der Waals surface area (Å²) in [5.41, 5.74) is 0.480. The minimum absolute atomic E-state index is 0.0847. The molecule has 1 fully saturated rings. The molecular weight excluding hydrogens is 469 g/mol. The van der Waals surface area contributed by atoms with Crippen molar-refractivity contribution in [2.45, 2.75) is 25.6 Å². The number of hydrogen-bond acceptors (Lipinski definition) is 5. The quantitative estimate of drug-likeness (QED) is 0.585.